The van der Waals surface area contributed by atoms with Crippen molar-refractivity contribution in [1.29, 1.82) is 0 Å². The Bertz CT molecular complexity index is 341. The molecule has 0 aromatic carbocycles. The van der Waals surface area contributed by atoms with Crippen LogP contribution < -0.4 is 5.32 Å². The van der Waals surface area contributed by atoms with Gasteiger partial charge in [0.1, 0.15) is 10.8 Å². The fourth-order valence-corrected chi connectivity index (χ4v) is 2.74. The Hall–Kier alpha value is -0.480. The zero-order valence-electron chi connectivity index (χ0n) is 12.4. The second kappa shape index (κ2) is 7.19. The first-order valence-electron chi connectivity index (χ1n) is 7.03. The zero-order chi connectivity index (χ0) is 13.6. The summed E-state index contributed by atoms with van der Waals surface area (Å²) in [7, 11) is 0. The van der Waals surface area contributed by atoms with Gasteiger partial charge in [-0.1, -0.05) is 41.0 Å². The van der Waals surface area contributed by atoms with E-state index < -0.39 is 0 Å². The van der Waals surface area contributed by atoms with E-state index in [4.69, 9.17) is 0 Å². The topological polar surface area (TPSA) is 37.8 Å². The molecule has 0 spiro atoms. The number of hydrogen-bond donors (Lipinski definition) is 1. The van der Waals surface area contributed by atoms with Crippen molar-refractivity contribution in [1.82, 2.24) is 14.7 Å². The summed E-state index contributed by atoms with van der Waals surface area (Å²) in [6.07, 6.45) is 4.63. The molecule has 1 rings (SSSR count). The maximum Gasteiger partial charge on any atom is 0.147 e. The molecule has 18 heavy (non-hydrogen) atoms. The van der Waals surface area contributed by atoms with Gasteiger partial charge in [0.2, 0.25) is 0 Å². The van der Waals surface area contributed by atoms with E-state index in [1.807, 2.05) is 0 Å². The van der Waals surface area contributed by atoms with Crippen molar-refractivity contribution in [2.45, 2.75) is 71.8 Å². The highest BCUT2D eigenvalue weighted by molar-refractivity contribution is 7.05. The minimum Gasteiger partial charge on any atom is -0.314 e. The van der Waals surface area contributed by atoms with Gasteiger partial charge in [0.25, 0.3) is 0 Å². The number of hydrogen-bond acceptors (Lipinski definition) is 4. The van der Waals surface area contributed by atoms with Crippen LogP contribution in [0.2, 0.25) is 0 Å². The Morgan fingerprint density at radius 3 is 2.44 bits per heavy atom. The number of nitrogens with zero attached hydrogens (tertiary/aromatic N) is 2. The number of nitrogens with one attached hydrogen (secondary N) is 1. The van der Waals surface area contributed by atoms with Crippen molar-refractivity contribution in [2.24, 2.45) is 0 Å². The second-order valence-corrected chi connectivity index (χ2v) is 6.74. The summed E-state index contributed by atoms with van der Waals surface area (Å²) in [5.41, 5.74) is 0.0614. The van der Waals surface area contributed by atoms with Gasteiger partial charge in [0.05, 0.1) is 0 Å². The minimum absolute atomic E-state index is 0.0614. The molecule has 0 amide bonds. The summed E-state index contributed by atoms with van der Waals surface area (Å²) in [5.74, 6) is 0.980. The first-order chi connectivity index (χ1) is 8.47. The predicted octanol–water partition coefficient (Wildman–Crippen LogP) is 3.55. The molecule has 0 fully saturated rings. The van der Waals surface area contributed by atoms with E-state index in [1.54, 1.807) is 11.5 Å². The molecule has 104 valence electrons. The lowest BCUT2D eigenvalue weighted by atomic mass is 9.96. The lowest BCUT2D eigenvalue weighted by Gasteiger charge is -2.16. The molecule has 1 aromatic heterocycles. The van der Waals surface area contributed by atoms with Crippen LogP contribution in [0.25, 0.3) is 0 Å². The van der Waals surface area contributed by atoms with Crippen molar-refractivity contribution in [3.05, 3.63) is 10.8 Å². The molecular formula is C14H27N3S. The first-order valence-corrected chi connectivity index (χ1v) is 7.81. The van der Waals surface area contributed by atoms with Crippen molar-refractivity contribution in [2.75, 3.05) is 6.54 Å². The van der Waals surface area contributed by atoms with Gasteiger partial charge in [-0.15, -0.1) is 0 Å². The van der Waals surface area contributed by atoms with E-state index >= 15 is 0 Å². The van der Waals surface area contributed by atoms with Crippen LogP contribution in [0.15, 0.2) is 0 Å². The van der Waals surface area contributed by atoms with Crippen molar-refractivity contribution >= 4 is 11.5 Å². The average molecular weight is 269 g/mol. The fraction of sp³-hybridized carbons (Fsp3) is 0.857. The van der Waals surface area contributed by atoms with E-state index in [9.17, 15) is 0 Å². The SMILES string of the molecule is CCCNC(CCC)Cc1nc(C(C)(C)C)ns1. The van der Waals surface area contributed by atoms with Crippen molar-refractivity contribution < 1.29 is 0 Å². The van der Waals surface area contributed by atoms with Crippen LogP contribution in [-0.2, 0) is 11.8 Å². The highest BCUT2D eigenvalue weighted by Crippen LogP contribution is 2.21. The summed E-state index contributed by atoms with van der Waals surface area (Å²) in [6, 6.07) is 0.552. The van der Waals surface area contributed by atoms with E-state index in [-0.39, 0.29) is 5.41 Å². The van der Waals surface area contributed by atoms with Crippen LogP contribution in [0, 0.1) is 0 Å². The summed E-state index contributed by atoms with van der Waals surface area (Å²) in [4.78, 5) is 4.68. The molecule has 0 aliphatic rings. The highest BCUT2D eigenvalue weighted by Gasteiger charge is 2.20. The minimum atomic E-state index is 0.0614. The van der Waals surface area contributed by atoms with E-state index in [2.05, 4.69) is 49.3 Å². The molecule has 1 atom stereocenters. The molecule has 1 N–H and O–H groups in total. The van der Waals surface area contributed by atoms with Crippen molar-refractivity contribution in [3.63, 3.8) is 0 Å². The van der Waals surface area contributed by atoms with Gasteiger partial charge in [0, 0.05) is 17.9 Å². The summed E-state index contributed by atoms with van der Waals surface area (Å²) >= 11 is 1.56. The van der Waals surface area contributed by atoms with Crippen LogP contribution in [-0.4, -0.2) is 21.9 Å². The van der Waals surface area contributed by atoms with Gasteiger partial charge >= 0.3 is 0 Å². The van der Waals surface area contributed by atoms with E-state index in [0.717, 1.165) is 18.8 Å². The van der Waals surface area contributed by atoms with E-state index in [0.29, 0.717) is 6.04 Å². The molecule has 1 aromatic rings. The lowest BCUT2D eigenvalue weighted by Crippen LogP contribution is -2.31. The Balaban J connectivity index is 2.60. The molecule has 1 unspecified atom stereocenters. The van der Waals surface area contributed by atoms with Gasteiger partial charge in [-0.2, -0.15) is 4.37 Å². The monoisotopic (exact) mass is 269 g/mol. The quantitative estimate of drug-likeness (QED) is 0.822. The van der Waals surface area contributed by atoms with Gasteiger partial charge < -0.3 is 5.32 Å². The third kappa shape index (κ3) is 5.02. The smallest absolute Gasteiger partial charge is 0.147 e. The zero-order valence-corrected chi connectivity index (χ0v) is 13.2. The van der Waals surface area contributed by atoms with Gasteiger partial charge in [-0.3, -0.25) is 0 Å². The molecular weight excluding hydrogens is 242 g/mol. The van der Waals surface area contributed by atoms with Gasteiger partial charge in [-0.05, 0) is 30.9 Å². The highest BCUT2D eigenvalue weighted by atomic mass is 32.1. The summed E-state index contributed by atoms with van der Waals surface area (Å²) in [6.45, 7) is 12.0. The molecule has 4 heteroatoms. The molecule has 0 radical (unpaired) electrons. The first kappa shape index (κ1) is 15.6. The molecule has 0 aliphatic carbocycles. The van der Waals surface area contributed by atoms with Crippen LogP contribution in [0.5, 0.6) is 0 Å². The second-order valence-electron chi connectivity index (χ2n) is 5.91. The maximum atomic E-state index is 4.68. The Labute approximate surface area is 116 Å². The standard InChI is InChI=1S/C14H27N3S/c1-6-8-11(15-9-7-2)10-12-16-13(17-18-12)14(3,4)5/h11,15H,6-10H2,1-5H3. The third-order valence-corrected chi connectivity index (χ3v) is 3.61. The molecule has 0 saturated heterocycles. The number of rotatable bonds is 7. The normalized spacial score (nSPS) is 13.8. The Morgan fingerprint density at radius 1 is 1.22 bits per heavy atom. The number of aromatic nitrogens is 2. The van der Waals surface area contributed by atoms with Gasteiger partial charge in [-0.25, -0.2) is 4.98 Å². The van der Waals surface area contributed by atoms with E-state index in [1.165, 1.54) is 24.3 Å². The summed E-state index contributed by atoms with van der Waals surface area (Å²) < 4.78 is 4.48. The maximum absolute atomic E-state index is 4.68. The Kier molecular flexibility index (Phi) is 6.22. The average Bonchev–Trinajstić information content (AvgIpc) is 2.74. The molecule has 0 aliphatic heterocycles. The van der Waals surface area contributed by atoms with Crippen molar-refractivity contribution in [3.8, 4) is 0 Å². The van der Waals surface area contributed by atoms with Crippen LogP contribution >= 0.6 is 11.5 Å². The fourth-order valence-electron chi connectivity index (χ4n) is 1.83. The van der Waals surface area contributed by atoms with Gasteiger partial charge in [0.15, 0.2) is 0 Å². The largest absolute Gasteiger partial charge is 0.314 e. The summed E-state index contributed by atoms with van der Waals surface area (Å²) in [5, 5.41) is 4.77. The van der Waals surface area contributed by atoms with Crippen LogP contribution in [0.4, 0.5) is 0 Å². The van der Waals surface area contributed by atoms with Crippen LogP contribution in [0.3, 0.4) is 0 Å². The molecule has 1 heterocycles. The molecule has 0 saturated carbocycles. The molecule has 3 nitrogen and oxygen atoms in total. The lowest BCUT2D eigenvalue weighted by molar-refractivity contribution is 0.470. The predicted molar refractivity (Wildman–Crippen MR) is 79.3 cm³/mol. The third-order valence-electron chi connectivity index (χ3n) is 2.88. The van der Waals surface area contributed by atoms with Crippen LogP contribution in [0.1, 0.15) is 64.7 Å². The molecule has 0 bridgehead atoms. The Morgan fingerprint density at radius 2 is 1.94 bits per heavy atom.